The van der Waals surface area contributed by atoms with E-state index in [1.165, 1.54) is 0 Å². The average Bonchev–Trinajstić information content (AvgIpc) is 3.74. The highest BCUT2D eigenvalue weighted by molar-refractivity contribution is 6.40. The van der Waals surface area contributed by atoms with Gasteiger partial charge in [0.25, 0.3) is 0 Å². The van der Waals surface area contributed by atoms with Crippen molar-refractivity contribution in [2.75, 3.05) is 4.90 Å². The zero-order valence-electron chi connectivity index (χ0n) is 32.4. The largest absolute Gasteiger partial charge is 0.504 e. The molecule has 9 nitrogen and oxygen atoms in total. The molecule has 2 aliphatic carbocycles. The lowest BCUT2D eigenvalue weighted by atomic mass is 9.67. The van der Waals surface area contributed by atoms with E-state index >= 15 is 0 Å². The van der Waals surface area contributed by atoms with Crippen LogP contribution in [0.5, 0.6) is 46.0 Å². The van der Waals surface area contributed by atoms with Crippen LogP contribution in [0, 0.1) is 0 Å². The molecule has 1 heterocycles. The predicted octanol–water partition coefficient (Wildman–Crippen LogP) is 9.56. The van der Waals surface area contributed by atoms with E-state index in [1.807, 2.05) is 140 Å². The van der Waals surface area contributed by atoms with E-state index < -0.39 is 57.0 Å². The van der Waals surface area contributed by atoms with E-state index in [0.717, 1.165) is 60.5 Å². The Morgan fingerprint density at radius 3 is 1.59 bits per heavy atom. The van der Waals surface area contributed by atoms with Gasteiger partial charge in [0.15, 0.2) is 28.6 Å². The molecule has 10 heteroatoms. The van der Waals surface area contributed by atoms with Crippen molar-refractivity contribution in [1.29, 1.82) is 0 Å². The number of ether oxygens (including phenoxy) is 1. The normalized spacial score (nSPS) is 15.8. The molecule has 0 saturated heterocycles. The van der Waals surface area contributed by atoms with Crippen LogP contribution < -0.4 is 15.1 Å². The van der Waals surface area contributed by atoms with E-state index in [1.54, 1.807) is 6.07 Å². The van der Waals surface area contributed by atoms with Crippen LogP contribution >= 0.6 is 0 Å². The minimum Gasteiger partial charge on any atom is -0.504 e. The van der Waals surface area contributed by atoms with E-state index in [2.05, 4.69) is 6.07 Å². The van der Waals surface area contributed by atoms with Gasteiger partial charge in [0.1, 0.15) is 19.3 Å². The molecule has 8 aromatic rings. The Kier molecular flexibility index (Phi) is 7.41. The first-order valence-electron chi connectivity index (χ1n) is 19.6. The van der Waals surface area contributed by atoms with Crippen LogP contribution in [0.25, 0.3) is 33.4 Å². The second-order valence-electron chi connectivity index (χ2n) is 15.8. The molecule has 0 amide bonds. The first-order valence-corrected chi connectivity index (χ1v) is 19.6. The fraction of sp³-hybridized carbons (Fsp3) is 0.0588. The smallest absolute Gasteiger partial charge is 0.208 e. The summed E-state index contributed by atoms with van der Waals surface area (Å²) in [5.41, 5.74) is 6.53. The fourth-order valence-corrected chi connectivity index (χ4v) is 10.2. The van der Waals surface area contributed by atoms with Crippen LogP contribution in [-0.4, -0.2) is 43.6 Å². The summed E-state index contributed by atoms with van der Waals surface area (Å²) in [6.45, 7) is 1.91. The molecule has 61 heavy (non-hydrogen) atoms. The number of rotatable bonds is 5. The Morgan fingerprint density at radius 1 is 0.459 bits per heavy atom. The maximum atomic E-state index is 12.3. The molecule has 0 spiro atoms. The number of nitrogens with zero attached hydrogens (tertiary/aromatic N) is 1. The van der Waals surface area contributed by atoms with Crippen molar-refractivity contribution in [3.05, 3.63) is 179 Å². The van der Waals surface area contributed by atoms with Crippen molar-refractivity contribution >= 4 is 30.4 Å². The molecule has 1 aliphatic heterocycles. The van der Waals surface area contributed by atoms with Gasteiger partial charge >= 0.3 is 0 Å². The maximum absolute atomic E-state index is 12.3. The molecule has 8 aromatic carbocycles. The van der Waals surface area contributed by atoms with E-state index in [4.69, 9.17) is 12.6 Å². The number of fused-ring (bicyclic) bond motifs is 8. The summed E-state index contributed by atoms with van der Waals surface area (Å²) in [6.07, 6.45) is 0. The van der Waals surface area contributed by atoms with Gasteiger partial charge < -0.3 is 45.4 Å². The number of benzene rings is 8. The van der Waals surface area contributed by atoms with E-state index in [9.17, 15) is 35.7 Å². The van der Waals surface area contributed by atoms with Crippen LogP contribution in [0.3, 0.4) is 0 Å². The summed E-state index contributed by atoms with van der Waals surface area (Å²) in [6, 6.07) is 46.8. The summed E-state index contributed by atoms with van der Waals surface area (Å²) in [5.74, 6) is -6.97. The third-order valence-corrected chi connectivity index (χ3v) is 12.8. The lowest BCUT2D eigenvalue weighted by Gasteiger charge is -2.39. The van der Waals surface area contributed by atoms with Crippen LogP contribution in [0.15, 0.2) is 146 Å². The molecule has 11 rings (SSSR count). The predicted molar refractivity (Wildman–Crippen MR) is 233 cm³/mol. The van der Waals surface area contributed by atoms with Crippen LogP contribution in [0.2, 0.25) is 0 Å². The topological polar surface area (TPSA) is 154 Å². The molecular formula is C51H34BNO8. The Bertz CT molecular complexity index is 3120. The highest BCUT2D eigenvalue weighted by Crippen LogP contribution is 2.65. The molecule has 0 fully saturated rings. The molecule has 294 valence electrons. The third-order valence-electron chi connectivity index (χ3n) is 12.8. The Morgan fingerprint density at radius 2 is 0.951 bits per heavy atom. The number of hydrogen-bond donors (Lipinski definition) is 7. The quantitative estimate of drug-likeness (QED) is 0.0513. The molecular weight excluding hydrogens is 765 g/mol. The van der Waals surface area contributed by atoms with Gasteiger partial charge in [0.2, 0.25) is 17.2 Å². The standard InChI is InChI=1S/C51H34BNO8/c1-50-34-21-10-8-18-30(34)32-19-12-20-33(38(32)50)37-42(54)43(55)40(39(52)49(37)61-50)53(41-44(56)46(58)48(60)47(59)45(41)57)28-23-24-31-29-17-9-11-22-35(29)51(36(31)25-28,26-13-4-2-5-14-26)27-15-6-3-7-16-27/h2-25,54-60H,1H3. The van der Waals surface area contributed by atoms with Crippen molar-refractivity contribution < 1.29 is 40.5 Å². The fourth-order valence-electron chi connectivity index (χ4n) is 10.2. The zero-order chi connectivity index (χ0) is 42.1. The van der Waals surface area contributed by atoms with Crippen LogP contribution in [0.1, 0.15) is 40.3 Å². The van der Waals surface area contributed by atoms with Gasteiger partial charge in [-0.15, -0.1) is 0 Å². The average molecular weight is 800 g/mol. The second-order valence-corrected chi connectivity index (χ2v) is 15.8. The van der Waals surface area contributed by atoms with Crippen molar-refractivity contribution in [2.24, 2.45) is 0 Å². The van der Waals surface area contributed by atoms with Crippen LogP contribution in [0.4, 0.5) is 17.1 Å². The Balaban J connectivity index is 1.24. The van der Waals surface area contributed by atoms with Crippen molar-refractivity contribution in [1.82, 2.24) is 0 Å². The van der Waals surface area contributed by atoms with Crippen molar-refractivity contribution in [2.45, 2.75) is 17.9 Å². The summed E-state index contributed by atoms with van der Waals surface area (Å²) in [5, 5.41) is 80.5. The number of anilines is 3. The van der Waals surface area contributed by atoms with Crippen molar-refractivity contribution in [3.8, 4) is 79.4 Å². The summed E-state index contributed by atoms with van der Waals surface area (Å²) >= 11 is 0. The molecule has 0 aromatic heterocycles. The van der Waals surface area contributed by atoms with Crippen molar-refractivity contribution in [3.63, 3.8) is 0 Å². The minimum atomic E-state index is -1.18. The van der Waals surface area contributed by atoms with Gasteiger partial charge in [-0.1, -0.05) is 133 Å². The van der Waals surface area contributed by atoms with Gasteiger partial charge in [0.05, 0.1) is 16.7 Å². The van der Waals surface area contributed by atoms with E-state index in [0.29, 0.717) is 5.56 Å². The molecule has 1 unspecified atom stereocenters. The van der Waals surface area contributed by atoms with Gasteiger partial charge in [-0.2, -0.15) is 0 Å². The zero-order valence-corrected chi connectivity index (χ0v) is 32.4. The lowest BCUT2D eigenvalue weighted by Crippen LogP contribution is -2.35. The molecule has 0 saturated carbocycles. The highest BCUT2D eigenvalue weighted by atomic mass is 16.5. The SMILES string of the molecule is [B]c1c2c(c(O)c(O)c1N(c1ccc3c(c1)C(c1ccccc1)(c1ccccc1)c1ccccc1-3)c1c(O)c(O)c(O)c(O)c1O)-c1cccc3c1C(C)(O2)c1ccccc1-3. The molecule has 7 N–H and O–H groups in total. The minimum absolute atomic E-state index is 0.00170. The van der Waals surface area contributed by atoms with Gasteiger partial charge in [-0.25, -0.2) is 0 Å². The first kappa shape index (κ1) is 36.1. The second kappa shape index (κ2) is 12.5. The summed E-state index contributed by atoms with van der Waals surface area (Å²) in [4.78, 5) is 1.14. The van der Waals surface area contributed by atoms with Gasteiger partial charge in [-0.05, 0) is 74.6 Å². The van der Waals surface area contributed by atoms with Gasteiger partial charge in [0, 0.05) is 16.8 Å². The Labute approximate surface area is 350 Å². The number of phenols is 7. The number of aromatic hydroxyl groups is 7. The third kappa shape index (κ3) is 4.50. The Hall–Kier alpha value is -7.98. The van der Waals surface area contributed by atoms with Gasteiger partial charge in [-0.3, -0.25) is 0 Å². The monoisotopic (exact) mass is 799 g/mol. The molecule has 3 aliphatic rings. The van der Waals surface area contributed by atoms with Crippen LogP contribution in [-0.2, 0) is 11.0 Å². The van der Waals surface area contributed by atoms with E-state index in [-0.39, 0.29) is 28.2 Å². The first-order chi connectivity index (χ1) is 29.5. The molecule has 2 radical (unpaired) electrons. The highest BCUT2D eigenvalue weighted by Gasteiger charge is 2.50. The summed E-state index contributed by atoms with van der Waals surface area (Å²) < 4.78 is 6.91. The number of phenolic OH excluding ortho intramolecular Hbond substituents is 7. The molecule has 1 atom stereocenters. The maximum Gasteiger partial charge on any atom is 0.208 e. The lowest BCUT2D eigenvalue weighted by molar-refractivity contribution is 0.135. The summed E-state index contributed by atoms with van der Waals surface area (Å²) in [7, 11) is 7.17. The molecule has 0 bridgehead atoms. The number of hydrogen-bond acceptors (Lipinski definition) is 9.